The van der Waals surface area contributed by atoms with Gasteiger partial charge in [0, 0.05) is 13.1 Å². The number of rotatable bonds is 7. The van der Waals surface area contributed by atoms with E-state index in [1.807, 2.05) is 45.9 Å². The molecule has 1 saturated heterocycles. The summed E-state index contributed by atoms with van der Waals surface area (Å²) in [7, 11) is -3.91. The number of piperidine rings is 1. The van der Waals surface area contributed by atoms with Gasteiger partial charge in [0.25, 0.3) is 0 Å². The number of sulfonamides is 1. The van der Waals surface area contributed by atoms with Crippen LogP contribution in [-0.4, -0.2) is 36.9 Å². The minimum absolute atomic E-state index is 0.0493. The van der Waals surface area contributed by atoms with Crippen LogP contribution in [0.25, 0.3) is 12.2 Å². The van der Waals surface area contributed by atoms with Gasteiger partial charge in [0.15, 0.2) is 10.7 Å². The number of amides is 1. The second-order valence-corrected chi connectivity index (χ2v) is 11.4. The zero-order chi connectivity index (χ0) is 26.0. The van der Waals surface area contributed by atoms with Crippen molar-refractivity contribution in [2.75, 3.05) is 13.1 Å². The lowest BCUT2D eigenvalue weighted by Crippen LogP contribution is -2.45. The van der Waals surface area contributed by atoms with Gasteiger partial charge in [0.1, 0.15) is 17.2 Å². The molecule has 192 valence electrons. The molecule has 1 aromatic carbocycles. The van der Waals surface area contributed by atoms with Gasteiger partial charge in [-0.1, -0.05) is 28.9 Å². The largest absolute Gasteiger partial charge is 0.465 e. The van der Waals surface area contributed by atoms with Gasteiger partial charge in [-0.15, -0.1) is 0 Å². The predicted molar refractivity (Wildman–Crippen MR) is 138 cm³/mol. The van der Waals surface area contributed by atoms with Gasteiger partial charge in [0.2, 0.25) is 15.9 Å². The number of carbonyl (C=O) groups excluding carboxylic acids is 1. The Balaban J connectivity index is 1.52. The molecule has 0 radical (unpaired) electrons. The zero-order valence-electron chi connectivity index (χ0n) is 21.4. The second kappa shape index (κ2) is 10.4. The second-order valence-electron chi connectivity index (χ2n) is 9.54. The molecule has 0 aliphatic carbocycles. The molecule has 36 heavy (non-hydrogen) atoms. The summed E-state index contributed by atoms with van der Waals surface area (Å²) in [5, 5.41) is 6.81. The third kappa shape index (κ3) is 5.47. The van der Waals surface area contributed by atoms with Crippen LogP contribution >= 0.6 is 0 Å². The minimum Gasteiger partial charge on any atom is -0.465 e. The van der Waals surface area contributed by atoms with Gasteiger partial charge in [-0.25, -0.2) is 8.42 Å². The molecule has 0 saturated carbocycles. The van der Waals surface area contributed by atoms with E-state index in [-0.39, 0.29) is 29.7 Å². The van der Waals surface area contributed by atoms with E-state index >= 15 is 0 Å². The van der Waals surface area contributed by atoms with Crippen LogP contribution in [0.5, 0.6) is 0 Å². The Labute approximate surface area is 212 Å². The van der Waals surface area contributed by atoms with Crippen molar-refractivity contribution in [1.82, 2.24) is 14.8 Å². The molecule has 4 rings (SSSR count). The quantitative estimate of drug-likeness (QED) is 0.493. The van der Waals surface area contributed by atoms with Gasteiger partial charge in [-0.2, -0.15) is 4.31 Å². The lowest BCUT2D eigenvalue weighted by Gasteiger charge is -2.31. The van der Waals surface area contributed by atoms with Crippen molar-refractivity contribution in [3.05, 3.63) is 69.5 Å². The molecule has 0 bridgehead atoms. The van der Waals surface area contributed by atoms with E-state index in [0.29, 0.717) is 30.8 Å². The third-order valence-electron chi connectivity index (χ3n) is 6.56. The average molecular weight is 512 g/mol. The van der Waals surface area contributed by atoms with Gasteiger partial charge >= 0.3 is 0 Å². The third-order valence-corrected chi connectivity index (χ3v) is 8.58. The van der Waals surface area contributed by atoms with E-state index in [0.717, 1.165) is 22.5 Å². The van der Waals surface area contributed by atoms with Crippen LogP contribution in [-0.2, 0) is 21.4 Å². The number of carbonyl (C=O) groups is 1. The van der Waals surface area contributed by atoms with Crippen molar-refractivity contribution in [1.29, 1.82) is 0 Å². The Kier molecular flexibility index (Phi) is 7.51. The Morgan fingerprint density at radius 2 is 1.86 bits per heavy atom. The Morgan fingerprint density at radius 3 is 2.53 bits per heavy atom. The number of aryl methyl sites for hydroxylation is 5. The van der Waals surface area contributed by atoms with E-state index in [4.69, 9.17) is 8.94 Å². The number of aromatic nitrogens is 1. The van der Waals surface area contributed by atoms with Crippen LogP contribution in [0.3, 0.4) is 0 Å². The van der Waals surface area contributed by atoms with Crippen molar-refractivity contribution >= 4 is 28.1 Å². The highest BCUT2D eigenvalue weighted by molar-refractivity contribution is 7.89. The van der Waals surface area contributed by atoms with E-state index in [2.05, 4.69) is 22.6 Å². The standard InChI is InChI=1S/C27H33N3O5S/c1-17-13-18(2)24(19(3)14-17)10-11-25-26(21(5)29-35-25)36(32,33)30-12-6-7-22(16-30)27(31)28-15-23-9-8-20(4)34-23/h8-11,13-14,22H,6-7,12,15-16H2,1-5H3,(H,28,31)/b11-10+/t22-/m1/s1. The fourth-order valence-electron chi connectivity index (χ4n) is 4.81. The Hall–Kier alpha value is -3.17. The molecule has 1 aliphatic rings. The van der Waals surface area contributed by atoms with E-state index in [1.165, 1.54) is 9.87 Å². The zero-order valence-corrected chi connectivity index (χ0v) is 22.2. The molecule has 2 aromatic heterocycles. The number of hydrogen-bond acceptors (Lipinski definition) is 6. The number of furan rings is 1. The fourth-order valence-corrected chi connectivity index (χ4v) is 6.59. The summed E-state index contributed by atoms with van der Waals surface area (Å²) in [6.45, 7) is 10.3. The van der Waals surface area contributed by atoms with E-state index < -0.39 is 15.9 Å². The molecule has 0 spiro atoms. The predicted octanol–water partition coefficient (Wildman–Crippen LogP) is 4.70. The van der Waals surface area contributed by atoms with Crippen molar-refractivity contribution in [2.45, 2.75) is 58.9 Å². The maximum Gasteiger partial charge on any atom is 0.248 e. The highest BCUT2D eigenvalue weighted by atomic mass is 32.2. The van der Waals surface area contributed by atoms with Gasteiger partial charge in [-0.3, -0.25) is 4.79 Å². The summed E-state index contributed by atoms with van der Waals surface area (Å²) in [5.41, 5.74) is 4.67. The van der Waals surface area contributed by atoms with Crippen LogP contribution in [0.4, 0.5) is 0 Å². The molecule has 1 atom stereocenters. The minimum atomic E-state index is -3.91. The summed E-state index contributed by atoms with van der Waals surface area (Å²) in [5.74, 6) is 0.997. The number of benzene rings is 1. The highest BCUT2D eigenvalue weighted by Crippen LogP contribution is 2.30. The molecule has 1 N–H and O–H groups in total. The first kappa shape index (κ1) is 25.9. The molecule has 0 unspecified atom stereocenters. The molecular weight excluding hydrogens is 478 g/mol. The van der Waals surface area contributed by atoms with E-state index in [1.54, 1.807) is 13.0 Å². The molecule has 1 fully saturated rings. The number of nitrogens with zero attached hydrogens (tertiary/aromatic N) is 2. The highest BCUT2D eigenvalue weighted by Gasteiger charge is 2.37. The lowest BCUT2D eigenvalue weighted by atomic mass is 9.99. The van der Waals surface area contributed by atoms with Crippen molar-refractivity contribution in [2.24, 2.45) is 5.92 Å². The Bertz CT molecular complexity index is 1380. The van der Waals surface area contributed by atoms with E-state index in [9.17, 15) is 13.2 Å². The maximum absolute atomic E-state index is 13.7. The van der Waals surface area contributed by atoms with Crippen molar-refractivity contribution in [3.63, 3.8) is 0 Å². The smallest absolute Gasteiger partial charge is 0.248 e. The summed E-state index contributed by atoms with van der Waals surface area (Å²) in [6, 6.07) is 7.83. The molecule has 1 aliphatic heterocycles. The maximum atomic E-state index is 13.7. The summed E-state index contributed by atoms with van der Waals surface area (Å²) < 4.78 is 39.7. The van der Waals surface area contributed by atoms with Crippen LogP contribution < -0.4 is 5.32 Å². The molecule has 8 nitrogen and oxygen atoms in total. The Morgan fingerprint density at radius 1 is 1.14 bits per heavy atom. The van der Waals surface area contributed by atoms with Crippen LogP contribution in [0.2, 0.25) is 0 Å². The van der Waals surface area contributed by atoms with Crippen LogP contribution in [0.1, 0.15) is 58.1 Å². The fraction of sp³-hybridized carbons (Fsp3) is 0.407. The van der Waals surface area contributed by atoms with Gasteiger partial charge < -0.3 is 14.3 Å². The summed E-state index contributed by atoms with van der Waals surface area (Å²) in [6.07, 6.45) is 4.74. The van der Waals surface area contributed by atoms with Crippen molar-refractivity contribution < 1.29 is 22.2 Å². The summed E-state index contributed by atoms with van der Waals surface area (Å²) >= 11 is 0. The molecule has 3 aromatic rings. The van der Waals surface area contributed by atoms with Gasteiger partial charge in [0.05, 0.1) is 12.5 Å². The van der Waals surface area contributed by atoms with Gasteiger partial charge in [-0.05, 0) is 82.4 Å². The summed E-state index contributed by atoms with van der Waals surface area (Å²) in [4.78, 5) is 12.9. The molecular formula is C27H33N3O5S. The molecule has 3 heterocycles. The monoisotopic (exact) mass is 511 g/mol. The van der Waals surface area contributed by atoms with Crippen LogP contribution in [0, 0.1) is 40.5 Å². The molecule has 1 amide bonds. The molecule has 9 heteroatoms. The first-order chi connectivity index (χ1) is 17.1. The SMILES string of the molecule is Cc1cc(C)c(/C=C/c2onc(C)c2S(=O)(=O)N2CCC[C@@H](C(=O)NCc3ccc(C)o3)C2)c(C)c1. The average Bonchev–Trinajstić information content (AvgIpc) is 3.42. The number of nitrogens with one attached hydrogen (secondary N) is 1. The number of hydrogen-bond donors (Lipinski definition) is 1. The van der Waals surface area contributed by atoms with Crippen molar-refractivity contribution in [3.8, 4) is 0 Å². The topological polar surface area (TPSA) is 106 Å². The first-order valence-electron chi connectivity index (χ1n) is 12.1. The lowest BCUT2D eigenvalue weighted by molar-refractivity contribution is -0.126. The first-order valence-corrected chi connectivity index (χ1v) is 13.6. The normalized spacial score (nSPS) is 17.1. The van der Waals surface area contributed by atoms with Crippen LogP contribution in [0.15, 0.2) is 38.1 Å².